The summed E-state index contributed by atoms with van der Waals surface area (Å²) in [5, 5.41) is 11.8. The minimum atomic E-state index is -0.428. The summed E-state index contributed by atoms with van der Waals surface area (Å²) >= 11 is 0. The lowest BCUT2D eigenvalue weighted by molar-refractivity contribution is -0.384. The van der Waals surface area contributed by atoms with Crippen LogP contribution in [0.2, 0.25) is 0 Å². The Balaban J connectivity index is 2.04. The van der Waals surface area contributed by atoms with Crippen molar-refractivity contribution in [3.63, 3.8) is 0 Å². The molecule has 1 aromatic carbocycles. The Labute approximate surface area is 173 Å². The van der Waals surface area contributed by atoms with Crippen LogP contribution < -0.4 is 11.2 Å². The van der Waals surface area contributed by atoms with Gasteiger partial charge < -0.3 is 4.57 Å². The van der Waals surface area contributed by atoms with E-state index < -0.39 is 4.92 Å². The summed E-state index contributed by atoms with van der Waals surface area (Å²) in [6, 6.07) is 6.58. The Morgan fingerprint density at radius 1 is 1.00 bits per heavy atom. The number of rotatable bonds is 3. The maximum absolute atomic E-state index is 13.1. The maximum atomic E-state index is 13.1. The van der Waals surface area contributed by atoms with E-state index in [2.05, 4.69) is 4.57 Å². The fourth-order valence-corrected chi connectivity index (χ4v) is 4.62. The summed E-state index contributed by atoms with van der Waals surface area (Å²) in [7, 11) is 3.12. The zero-order valence-corrected chi connectivity index (χ0v) is 17.3. The van der Waals surface area contributed by atoms with E-state index in [1.807, 2.05) is 6.20 Å². The first-order valence-corrected chi connectivity index (χ1v) is 10.5. The average molecular weight is 410 g/mol. The fourth-order valence-electron chi connectivity index (χ4n) is 4.62. The third kappa shape index (κ3) is 3.36. The van der Waals surface area contributed by atoms with Gasteiger partial charge in [0.2, 0.25) is 0 Å². The van der Waals surface area contributed by atoms with Crippen molar-refractivity contribution in [2.24, 2.45) is 14.1 Å². The van der Waals surface area contributed by atoms with Gasteiger partial charge in [0.05, 0.1) is 21.5 Å². The zero-order chi connectivity index (χ0) is 21.4. The highest BCUT2D eigenvalue weighted by atomic mass is 16.6. The van der Waals surface area contributed by atoms with Crippen molar-refractivity contribution in [1.82, 2.24) is 13.7 Å². The van der Waals surface area contributed by atoms with E-state index in [0.29, 0.717) is 22.2 Å². The zero-order valence-electron chi connectivity index (χ0n) is 17.3. The summed E-state index contributed by atoms with van der Waals surface area (Å²) in [4.78, 5) is 36.6. The molecule has 1 fully saturated rings. The molecule has 30 heavy (non-hydrogen) atoms. The molecule has 0 radical (unpaired) electrons. The molecule has 0 bridgehead atoms. The third-order valence-electron chi connectivity index (χ3n) is 6.26. The van der Waals surface area contributed by atoms with Crippen molar-refractivity contribution >= 4 is 16.6 Å². The predicted octanol–water partition coefficient (Wildman–Crippen LogP) is 3.90. The normalized spacial score (nSPS) is 15.8. The number of fused-ring (bicyclic) bond motifs is 1. The Kier molecular flexibility index (Phi) is 5.32. The molecule has 2 aromatic heterocycles. The molecule has 0 aliphatic heterocycles. The molecule has 158 valence electrons. The van der Waals surface area contributed by atoms with Gasteiger partial charge in [0, 0.05) is 44.0 Å². The SMILES string of the molecule is Cn1c(=O)c2c(-c3cccc([N+](=O)[O-])c3)n(C3CCCCCCC3)cc2n(C)c1=O. The molecule has 1 saturated carbocycles. The largest absolute Gasteiger partial charge is 0.342 e. The van der Waals surface area contributed by atoms with Crippen LogP contribution in [0, 0.1) is 10.1 Å². The van der Waals surface area contributed by atoms with Crippen LogP contribution in [0.1, 0.15) is 51.0 Å². The number of hydrogen-bond donors (Lipinski definition) is 0. The van der Waals surface area contributed by atoms with Gasteiger partial charge in [-0.2, -0.15) is 0 Å². The molecule has 8 heteroatoms. The second kappa shape index (κ2) is 7.93. The fraction of sp³-hybridized carbons (Fsp3) is 0.455. The van der Waals surface area contributed by atoms with E-state index in [4.69, 9.17) is 0 Å². The maximum Gasteiger partial charge on any atom is 0.330 e. The summed E-state index contributed by atoms with van der Waals surface area (Å²) < 4.78 is 4.68. The Hall–Kier alpha value is -3.16. The van der Waals surface area contributed by atoms with Gasteiger partial charge in [-0.15, -0.1) is 0 Å². The molecule has 3 aromatic rings. The first-order chi connectivity index (χ1) is 14.4. The van der Waals surface area contributed by atoms with Crippen LogP contribution in [0.15, 0.2) is 40.1 Å². The minimum absolute atomic E-state index is 0.0206. The molecule has 0 amide bonds. The van der Waals surface area contributed by atoms with Crippen molar-refractivity contribution in [1.29, 1.82) is 0 Å². The lowest BCUT2D eigenvalue weighted by Crippen LogP contribution is -2.36. The van der Waals surface area contributed by atoms with Crippen molar-refractivity contribution in [2.45, 2.75) is 51.0 Å². The molecular formula is C22H26N4O4. The molecule has 4 rings (SSSR count). The predicted molar refractivity (Wildman–Crippen MR) is 116 cm³/mol. The molecule has 0 saturated heterocycles. The average Bonchev–Trinajstić information content (AvgIpc) is 3.11. The smallest absolute Gasteiger partial charge is 0.330 e. The van der Waals surface area contributed by atoms with Crippen LogP contribution in [0.5, 0.6) is 0 Å². The van der Waals surface area contributed by atoms with E-state index in [9.17, 15) is 19.7 Å². The second-order valence-electron chi connectivity index (χ2n) is 8.16. The molecular weight excluding hydrogens is 384 g/mol. The number of nitro groups is 1. The summed E-state index contributed by atoms with van der Waals surface area (Å²) in [6.45, 7) is 0. The number of nitrogens with zero attached hydrogens (tertiary/aromatic N) is 4. The highest BCUT2D eigenvalue weighted by molar-refractivity contribution is 5.94. The van der Waals surface area contributed by atoms with E-state index in [0.717, 1.165) is 30.3 Å². The van der Waals surface area contributed by atoms with Gasteiger partial charge in [-0.1, -0.05) is 44.2 Å². The van der Waals surface area contributed by atoms with Crippen LogP contribution in [-0.4, -0.2) is 18.6 Å². The highest BCUT2D eigenvalue weighted by Crippen LogP contribution is 2.36. The molecule has 0 atom stereocenters. The van der Waals surface area contributed by atoms with E-state index in [-0.39, 0.29) is 23.0 Å². The number of aryl methyl sites for hydroxylation is 1. The highest BCUT2D eigenvalue weighted by Gasteiger charge is 2.24. The number of hydrogen-bond acceptors (Lipinski definition) is 4. The molecule has 0 unspecified atom stereocenters. The molecule has 0 spiro atoms. The minimum Gasteiger partial charge on any atom is -0.342 e. The third-order valence-corrected chi connectivity index (χ3v) is 6.26. The summed E-state index contributed by atoms with van der Waals surface area (Å²) in [5.74, 6) is 0. The number of aromatic nitrogens is 3. The molecule has 0 N–H and O–H groups in total. The number of benzene rings is 1. The van der Waals surface area contributed by atoms with Gasteiger partial charge in [-0.05, 0) is 12.8 Å². The topological polar surface area (TPSA) is 92.1 Å². The number of nitro benzene ring substituents is 1. The first kappa shape index (κ1) is 20.1. The molecule has 1 aliphatic carbocycles. The van der Waals surface area contributed by atoms with Crippen molar-refractivity contribution in [3.05, 3.63) is 61.4 Å². The summed E-state index contributed by atoms with van der Waals surface area (Å²) in [5.41, 5.74) is 1.07. The van der Waals surface area contributed by atoms with Crippen molar-refractivity contribution < 1.29 is 4.92 Å². The van der Waals surface area contributed by atoms with E-state index in [1.165, 1.54) is 43.0 Å². The van der Waals surface area contributed by atoms with Gasteiger partial charge >= 0.3 is 5.69 Å². The Bertz CT molecular complexity index is 1230. The summed E-state index contributed by atoms with van der Waals surface area (Å²) in [6.07, 6.45) is 9.67. The van der Waals surface area contributed by atoms with Crippen LogP contribution in [0.3, 0.4) is 0 Å². The Morgan fingerprint density at radius 2 is 1.67 bits per heavy atom. The number of non-ortho nitro benzene ring substituents is 1. The van der Waals surface area contributed by atoms with Gasteiger partial charge in [0.15, 0.2) is 0 Å². The molecule has 1 aliphatic rings. The molecule has 8 nitrogen and oxygen atoms in total. The first-order valence-electron chi connectivity index (χ1n) is 10.5. The van der Waals surface area contributed by atoms with Gasteiger partial charge in [0.25, 0.3) is 11.2 Å². The lowest BCUT2D eigenvalue weighted by atomic mass is 9.96. The van der Waals surface area contributed by atoms with Gasteiger partial charge in [-0.3, -0.25) is 24.0 Å². The standard InChI is InChI=1S/C22H26N4O4/c1-23-18-14-25(16-10-6-4-3-5-7-11-16)20(19(18)21(27)24(2)22(23)28)15-9-8-12-17(13-15)26(29)30/h8-9,12-14,16H,3-7,10-11H2,1-2H3. The van der Waals surface area contributed by atoms with Crippen LogP contribution in [-0.2, 0) is 14.1 Å². The Morgan fingerprint density at radius 3 is 2.33 bits per heavy atom. The second-order valence-corrected chi connectivity index (χ2v) is 8.16. The molecule has 2 heterocycles. The van der Waals surface area contributed by atoms with Crippen LogP contribution in [0.4, 0.5) is 5.69 Å². The van der Waals surface area contributed by atoms with Crippen LogP contribution >= 0.6 is 0 Å². The van der Waals surface area contributed by atoms with Crippen molar-refractivity contribution in [3.8, 4) is 11.3 Å². The van der Waals surface area contributed by atoms with E-state index >= 15 is 0 Å². The lowest BCUT2D eigenvalue weighted by Gasteiger charge is -2.24. The quantitative estimate of drug-likeness (QED) is 0.484. The monoisotopic (exact) mass is 410 g/mol. The van der Waals surface area contributed by atoms with E-state index in [1.54, 1.807) is 19.2 Å². The van der Waals surface area contributed by atoms with Gasteiger partial charge in [0.1, 0.15) is 0 Å². The van der Waals surface area contributed by atoms with Crippen molar-refractivity contribution in [2.75, 3.05) is 0 Å². The van der Waals surface area contributed by atoms with Gasteiger partial charge in [-0.25, -0.2) is 4.79 Å². The van der Waals surface area contributed by atoms with Crippen LogP contribution in [0.25, 0.3) is 22.2 Å².